The fourth-order valence-electron chi connectivity index (χ4n) is 0.319. The monoisotopic (exact) mass is 114 g/mol. The van der Waals surface area contributed by atoms with Crippen molar-refractivity contribution in [3.05, 3.63) is 23.6 Å². The van der Waals surface area contributed by atoms with Crippen LogP contribution in [-0.4, -0.2) is 6.26 Å². The Morgan fingerprint density at radius 1 is 1.71 bits per heavy atom. The van der Waals surface area contributed by atoms with Crippen LogP contribution in [0.3, 0.4) is 0 Å². The van der Waals surface area contributed by atoms with Gasteiger partial charge < -0.3 is 0 Å². The van der Waals surface area contributed by atoms with E-state index in [9.17, 15) is 0 Å². The molecule has 0 amide bonds. The van der Waals surface area contributed by atoms with E-state index < -0.39 is 0 Å². The highest BCUT2D eigenvalue weighted by Gasteiger charge is 1.78. The summed E-state index contributed by atoms with van der Waals surface area (Å²) in [6, 6.07) is 0. The molecule has 7 heavy (non-hydrogen) atoms. The van der Waals surface area contributed by atoms with Gasteiger partial charge in [0.2, 0.25) is 0 Å². The number of hydrogen-bond acceptors (Lipinski definition) is 1. The summed E-state index contributed by atoms with van der Waals surface area (Å²) in [7, 11) is 0. The normalized spacial score (nSPS) is 11.4. The van der Waals surface area contributed by atoms with E-state index in [2.05, 4.69) is 6.58 Å². The van der Waals surface area contributed by atoms with Gasteiger partial charge in [-0.3, -0.25) is 0 Å². The van der Waals surface area contributed by atoms with Crippen LogP contribution >= 0.6 is 11.8 Å². The molecule has 0 heterocycles. The third kappa shape index (κ3) is 2.52. The molecule has 0 saturated heterocycles. The lowest BCUT2D eigenvalue weighted by atomic mass is 10.5. The molecule has 0 atom stereocenters. The molecule has 0 N–H and O–H groups in total. The van der Waals surface area contributed by atoms with Crippen molar-refractivity contribution < 1.29 is 0 Å². The largest absolute Gasteiger partial charge is 0.130 e. The molecule has 0 fully saturated rings. The summed E-state index contributed by atoms with van der Waals surface area (Å²) in [6.07, 6.45) is 5.93. The van der Waals surface area contributed by atoms with E-state index in [0.29, 0.717) is 0 Å². The van der Waals surface area contributed by atoms with Crippen LogP contribution in [0.15, 0.2) is 23.6 Å². The van der Waals surface area contributed by atoms with Crippen molar-refractivity contribution in [2.75, 3.05) is 6.26 Å². The second-order valence-corrected chi connectivity index (χ2v) is 1.98. The first-order valence-corrected chi connectivity index (χ1v) is 3.40. The van der Waals surface area contributed by atoms with Crippen molar-refractivity contribution in [3.63, 3.8) is 0 Å². The van der Waals surface area contributed by atoms with Crippen molar-refractivity contribution in [2.45, 2.75) is 6.92 Å². The van der Waals surface area contributed by atoms with Gasteiger partial charge >= 0.3 is 0 Å². The molecule has 0 saturated carbocycles. The minimum absolute atomic E-state index is 1.24. The van der Waals surface area contributed by atoms with Crippen LogP contribution in [0.5, 0.6) is 0 Å². The highest BCUT2D eigenvalue weighted by Crippen LogP contribution is 2.10. The molecule has 0 aliphatic carbocycles. The van der Waals surface area contributed by atoms with Gasteiger partial charge in [0.15, 0.2) is 0 Å². The van der Waals surface area contributed by atoms with Gasteiger partial charge in [-0.15, -0.1) is 11.8 Å². The van der Waals surface area contributed by atoms with Crippen molar-refractivity contribution in [1.29, 1.82) is 0 Å². The molecule has 0 aromatic rings. The Kier molecular flexibility index (Phi) is 3.90. The quantitative estimate of drug-likeness (QED) is 0.497. The van der Waals surface area contributed by atoms with Gasteiger partial charge in [0.25, 0.3) is 0 Å². The fraction of sp³-hybridized carbons (Fsp3) is 0.333. The Labute approximate surface area is 49.3 Å². The van der Waals surface area contributed by atoms with Gasteiger partial charge in [-0.25, -0.2) is 0 Å². The Morgan fingerprint density at radius 3 is 2.29 bits per heavy atom. The summed E-state index contributed by atoms with van der Waals surface area (Å²) < 4.78 is 0. The molecule has 0 nitrogen and oxygen atoms in total. The molecule has 0 rings (SSSR count). The SMILES string of the molecule is C=C/C(=C\C)SC. The predicted octanol–water partition coefficient (Wildman–Crippen LogP) is 2.44. The van der Waals surface area contributed by atoms with Crippen molar-refractivity contribution in [1.82, 2.24) is 0 Å². The standard InChI is InChI=1S/C6H10S/c1-4-6(5-2)7-3/h4-5H,1H2,2-3H3/b6-5+. The topological polar surface area (TPSA) is 0 Å². The van der Waals surface area contributed by atoms with E-state index in [1.54, 1.807) is 11.8 Å². The van der Waals surface area contributed by atoms with E-state index in [-0.39, 0.29) is 0 Å². The summed E-state index contributed by atoms with van der Waals surface area (Å²) in [4.78, 5) is 1.24. The predicted molar refractivity (Wildman–Crippen MR) is 37.5 cm³/mol. The molecule has 0 spiro atoms. The van der Waals surface area contributed by atoms with Crippen LogP contribution in [0.1, 0.15) is 6.92 Å². The number of allylic oxidation sites excluding steroid dienone is 2. The number of rotatable bonds is 2. The molecule has 0 aliphatic heterocycles. The molecule has 0 aromatic carbocycles. The molecule has 0 aliphatic rings. The zero-order valence-corrected chi connectivity index (χ0v) is 5.59. The first-order chi connectivity index (χ1) is 3.35. The Balaban J connectivity index is 3.60. The second-order valence-electron chi connectivity index (χ2n) is 1.10. The average molecular weight is 114 g/mol. The molecule has 0 bridgehead atoms. The first-order valence-electron chi connectivity index (χ1n) is 2.18. The molecule has 0 aromatic heterocycles. The van der Waals surface area contributed by atoms with Crippen molar-refractivity contribution >= 4 is 11.8 Å². The van der Waals surface area contributed by atoms with E-state index in [0.717, 1.165) is 0 Å². The Bertz CT molecular complexity index is 82.2. The lowest BCUT2D eigenvalue weighted by Gasteiger charge is -1.87. The molecule has 1 heteroatoms. The second kappa shape index (κ2) is 4.00. The number of thioether (sulfide) groups is 1. The molecular formula is C6H10S. The van der Waals surface area contributed by atoms with Crippen LogP contribution in [-0.2, 0) is 0 Å². The zero-order valence-electron chi connectivity index (χ0n) is 4.77. The highest BCUT2D eigenvalue weighted by atomic mass is 32.2. The van der Waals surface area contributed by atoms with Crippen LogP contribution in [0.25, 0.3) is 0 Å². The van der Waals surface area contributed by atoms with Gasteiger partial charge in [0.1, 0.15) is 0 Å². The maximum absolute atomic E-state index is 3.61. The fourth-order valence-corrected chi connectivity index (χ4v) is 0.721. The molecule has 0 radical (unpaired) electrons. The van der Waals surface area contributed by atoms with E-state index in [1.165, 1.54) is 4.91 Å². The lowest BCUT2D eigenvalue weighted by Crippen LogP contribution is -1.60. The summed E-state index contributed by atoms with van der Waals surface area (Å²) in [6.45, 7) is 5.62. The van der Waals surface area contributed by atoms with Crippen LogP contribution in [0.4, 0.5) is 0 Å². The van der Waals surface area contributed by atoms with Crippen molar-refractivity contribution in [2.24, 2.45) is 0 Å². The summed E-state index contributed by atoms with van der Waals surface area (Å²) in [5.74, 6) is 0. The minimum Gasteiger partial charge on any atom is -0.130 e. The van der Waals surface area contributed by atoms with Crippen LogP contribution in [0, 0.1) is 0 Å². The van der Waals surface area contributed by atoms with Crippen LogP contribution < -0.4 is 0 Å². The molecule has 40 valence electrons. The first kappa shape index (κ1) is 6.83. The minimum atomic E-state index is 1.24. The third-order valence-corrected chi connectivity index (χ3v) is 1.60. The Morgan fingerprint density at radius 2 is 2.29 bits per heavy atom. The summed E-state index contributed by atoms with van der Waals surface area (Å²) >= 11 is 1.71. The van der Waals surface area contributed by atoms with Gasteiger partial charge in [-0.05, 0) is 13.2 Å². The highest BCUT2D eigenvalue weighted by molar-refractivity contribution is 8.02. The van der Waals surface area contributed by atoms with Gasteiger partial charge in [0.05, 0.1) is 0 Å². The van der Waals surface area contributed by atoms with E-state index in [4.69, 9.17) is 0 Å². The average Bonchev–Trinajstić information content (AvgIpc) is 1.72. The van der Waals surface area contributed by atoms with Crippen molar-refractivity contribution in [3.8, 4) is 0 Å². The van der Waals surface area contributed by atoms with Gasteiger partial charge in [-0.2, -0.15) is 0 Å². The lowest BCUT2D eigenvalue weighted by molar-refractivity contribution is 1.71. The Hall–Kier alpha value is -0.170. The van der Waals surface area contributed by atoms with Crippen LogP contribution in [0.2, 0.25) is 0 Å². The van der Waals surface area contributed by atoms with E-state index in [1.807, 2.05) is 25.3 Å². The van der Waals surface area contributed by atoms with Gasteiger partial charge in [0, 0.05) is 4.91 Å². The van der Waals surface area contributed by atoms with Gasteiger partial charge in [-0.1, -0.05) is 18.7 Å². The third-order valence-electron chi connectivity index (χ3n) is 0.721. The maximum atomic E-state index is 3.61. The smallest absolute Gasteiger partial charge is 0.00205 e. The zero-order chi connectivity index (χ0) is 5.70. The summed E-state index contributed by atoms with van der Waals surface area (Å²) in [5, 5.41) is 0. The maximum Gasteiger partial charge on any atom is 0.00205 e. The van der Waals surface area contributed by atoms with E-state index >= 15 is 0 Å². The number of hydrogen-bond donors (Lipinski definition) is 0. The molecular weight excluding hydrogens is 104 g/mol. The summed E-state index contributed by atoms with van der Waals surface area (Å²) in [5.41, 5.74) is 0. The molecule has 0 unspecified atom stereocenters.